The summed E-state index contributed by atoms with van der Waals surface area (Å²) in [6.45, 7) is 9.12. The highest BCUT2D eigenvalue weighted by molar-refractivity contribution is 6.31. The second kappa shape index (κ2) is 6.50. The molecule has 0 N–H and O–H groups in total. The molecule has 1 aromatic rings. The molecule has 1 aromatic heterocycles. The number of hydrogen-bond donors (Lipinski definition) is 0. The van der Waals surface area contributed by atoms with Crippen molar-refractivity contribution in [2.24, 2.45) is 24.3 Å². The van der Waals surface area contributed by atoms with Crippen LogP contribution in [0.3, 0.4) is 0 Å². The van der Waals surface area contributed by atoms with Gasteiger partial charge < -0.3 is 0 Å². The molecule has 0 saturated heterocycles. The van der Waals surface area contributed by atoms with Crippen molar-refractivity contribution in [1.29, 1.82) is 0 Å². The molecule has 0 bridgehead atoms. The molecule has 0 spiro atoms. The maximum atomic E-state index is 6.62. The Labute approximate surface area is 139 Å². The standard InChI is InChI=1S/C17H28Cl2N2/c1-6-14-16(19)15(21(5)20-14)10-11-9-12(17(2,3)4)7-8-13(11)18/h11-13H,6-10H2,1-5H3. The van der Waals surface area contributed by atoms with Gasteiger partial charge in [0.2, 0.25) is 0 Å². The van der Waals surface area contributed by atoms with Crippen LogP contribution in [0.2, 0.25) is 5.02 Å². The van der Waals surface area contributed by atoms with E-state index in [0.29, 0.717) is 11.3 Å². The highest BCUT2D eigenvalue weighted by atomic mass is 35.5. The number of hydrogen-bond acceptors (Lipinski definition) is 1. The van der Waals surface area contributed by atoms with Gasteiger partial charge in [0.05, 0.1) is 16.4 Å². The number of rotatable bonds is 3. The Morgan fingerprint density at radius 2 is 1.95 bits per heavy atom. The average molecular weight is 331 g/mol. The van der Waals surface area contributed by atoms with E-state index < -0.39 is 0 Å². The molecule has 2 nitrogen and oxygen atoms in total. The van der Waals surface area contributed by atoms with Gasteiger partial charge in [-0.05, 0) is 49.4 Å². The number of aryl methyl sites for hydroxylation is 2. The highest BCUT2D eigenvalue weighted by Gasteiger charge is 2.35. The van der Waals surface area contributed by atoms with Crippen LogP contribution in [0, 0.1) is 17.3 Å². The Morgan fingerprint density at radius 3 is 2.48 bits per heavy atom. The maximum Gasteiger partial charge on any atom is 0.0849 e. The molecule has 2 rings (SSSR count). The van der Waals surface area contributed by atoms with Crippen molar-refractivity contribution in [2.75, 3.05) is 0 Å². The monoisotopic (exact) mass is 330 g/mol. The van der Waals surface area contributed by atoms with Crippen molar-refractivity contribution in [3.63, 3.8) is 0 Å². The summed E-state index contributed by atoms with van der Waals surface area (Å²) in [4.78, 5) is 0. The van der Waals surface area contributed by atoms with Crippen molar-refractivity contribution in [1.82, 2.24) is 9.78 Å². The van der Waals surface area contributed by atoms with Crippen LogP contribution in [0.15, 0.2) is 0 Å². The fourth-order valence-corrected chi connectivity index (χ4v) is 4.20. The molecule has 3 unspecified atom stereocenters. The van der Waals surface area contributed by atoms with Crippen LogP contribution in [0.1, 0.15) is 58.3 Å². The Kier molecular flexibility index (Phi) is 5.31. The summed E-state index contributed by atoms with van der Waals surface area (Å²) in [5.41, 5.74) is 2.52. The van der Waals surface area contributed by atoms with Crippen LogP contribution in [0.4, 0.5) is 0 Å². The lowest BCUT2D eigenvalue weighted by atomic mass is 9.68. The zero-order valence-electron chi connectivity index (χ0n) is 13.9. The lowest BCUT2D eigenvalue weighted by Gasteiger charge is -2.40. The van der Waals surface area contributed by atoms with Gasteiger partial charge in [0.25, 0.3) is 0 Å². The molecule has 120 valence electrons. The van der Waals surface area contributed by atoms with E-state index in [2.05, 4.69) is 32.8 Å². The van der Waals surface area contributed by atoms with E-state index in [4.69, 9.17) is 23.2 Å². The Balaban J connectivity index is 2.16. The quantitative estimate of drug-likeness (QED) is 0.692. The van der Waals surface area contributed by atoms with Gasteiger partial charge in [-0.15, -0.1) is 11.6 Å². The number of nitrogens with zero attached hydrogens (tertiary/aromatic N) is 2. The number of aromatic nitrogens is 2. The summed E-state index contributed by atoms with van der Waals surface area (Å²) in [5.74, 6) is 1.25. The lowest BCUT2D eigenvalue weighted by molar-refractivity contribution is 0.143. The fraction of sp³-hybridized carbons (Fsp3) is 0.824. The Hall–Kier alpha value is -0.210. The third kappa shape index (κ3) is 3.76. The molecule has 0 radical (unpaired) electrons. The molecule has 0 amide bonds. The van der Waals surface area contributed by atoms with E-state index in [1.807, 2.05) is 11.7 Å². The molecule has 1 saturated carbocycles. The molecule has 0 aliphatic heterocycles. The van der Waals surface area contributed by atoms with Gasteiger partial charge in [0.15, 0.2) is 0 Å². The predicted molar refractivity (Wildman–Crippen MR) is 91.2 cm³/mol. The minimum atomic E-state index is 0.264. The summed E-state index contributed by atoms with van der Waals surface area (Å²) in [6, 6.07) is 0. The molecular weight excluding hydrogens is 303 g/mol. The van der Waals surface area contributed by atoms with Crippen LogP contribution < -0.4 is 0 Å². The average Bonchev–Trinajstić information content (AvgIpc) is 2.67. The van der Waals surface area contributed by atoms with Gasteiger partial charge in [0.1, 0.15) is 0 Å². The molecule has 21 heavy (non-hydrogen) atoms. The van der Waals surface area contributed by atoms with Crippen LogP contribution in [0.25, 0.3) is 0 Å². The Bertz CT molecular complexity index is 488. The van der Waals surface area contributed by atoms with E-state index >= 15 is 0 Å². The highest BCUT2D eigenvalue weighted by Crippen LogP contribution is 2.43. The van der Waals surface area contributed by atoms with Gasteiger partial charge >= 0.3 is 0 Å². The minimum Gasteiger partial charge on any atom is -0.271 e. The second-order valence-electron chi connectivity index (χ2n) is 7.54. The van der Waals surface area contributed by atoms with Crippen molar-refractivity contribution < 1.29 is 0 Å². The first-order chi connectivity index (χ1) is 9.74. The lowest BCUT2D eigenvalue weighted by Crippen LogP contribution is -2.33. The van der Waals surface area contributed by atoms with E-state index in [0.717, 1.165) is 41.6 Å². The molecule has 0 aromatic carbocycles. The summed E-state index contributed by atoms with van der Waals surface area (Å²) < 4.78 is 1.95. The topological polar surface area (TPSA) is 17.8 Å². The first-order valence-electron chi connectivity index (χ1n) is 8.08. The molecule has 1 aliphatic carbocycles. The zero-order valence-corrected chi connectivity index (χ0v) is 15.4. The first-order valence-corrected chi connectivity index (χ1v) is 8.89. The predicted octanol–water partition coefficient (Wildman–Crippen LogP) is 5.25. The van der Waals surface area contributed by atoms with Gasteiger partial charge in [-0.3, -0.25) is 4.68 Å². The zero-order chi connectivity index (χ0) is 15.8. The van der Waals surface area contributed by atoms with Gasteiger partial charge in [0, 0.05) is 12.4 Å². The molecule has 3 atom stereocenters. The third-order valence-electron chi connectivity index (χ3n) is 5.07. The summed E-state index contributed by atoms with van der Waals surface area (Å²) in [5, 5.41) is 5.64. The fourth-order valence-electron chi connectivity index (χ4n) is 3.51. The largest absolute Gasteiger partial charge is 0.271 e. The number of alkyl halides is 1. The Morgan fingerprint density at radius 1 is 1.29 bits per heavy atom. The van der Waals surface area contributed by atoms with Crippen molar-refractivity contribution in [3.05, 3.63) is 16.4 Å². The van der Waals surface area contributed by atoms with Crippen LogP contribution >= 0.6 is 23.2 Å². The van der Waals surface area contributed by atoms with Crippen LogP contribution in [-0.4, -0.2) is 15.2 Å². The van der Waals surface area contributed by atoms with E-state index in [-0.39, 0.29) is 5.38 Å². The minimum absolute atomic E-state index is 0.264. The van der Waals surface area contributed by atoms with Crippen LogP contribution in [-0.2, 0) is 19.9 Å². The first kappa shape index (κ1) is 17.1. The van der Waals surface area contributed by atoms with E-state index in [1.165, 1.54) is 12.8 Å². The van der Waals surface area contributed by atoms with Crippen molar-refractivity contribution >= 4 is 23.2 Å². The van der Waals surface area contributed by atoms with Crippen molar-refractivity contribution in [2.45, 2.75) is 65.2 Å². The molecule has 1 fully saturated rings. The maximum absolute atomic E-state index is 6.62. The second-order valence-corrected chi connectivity index (χ2v) is 8.48. The van der Waals surface area contributed by atoms with E-state index in [1.54, 1.807) is 0 Å². The smallest absolute Gasteiger partial charge is 0.0849 e. The SMILES string of the molecule is CCc1nn(C)c(CC2CC(C(C)(C)C)CCC2Cl)c1Cl. The molecule has 1 aliphatic rings. The third-order valence-corrected chi connectivity index (χ3v) is 6.08. The van der Waals surface area contributed by atoms with Crippen molar-refractivity contribution in [3.8, 4) is 0 Å². The summed E-state index contributed by atoms with van der Waals surface area (Å²) in [6.07, 6.45) is 5.38. The number of halogens is 2. The van der Waals surface area contributed by atoms with E-state index in [9.17, 15) is 0 Å². The summed E-state index contributed by atoms with van der Waals surface area (Å²) >= 11 is 13.1. The molecule has 4 heteroatoms. The molecule has 1 heterocycles. The van der Waals surface area contributed by atoms with Gasteiger partial charge in [-0.1, -0.05) is 39.3 Å². The molecular formula is C17H28Cl2N2. The van der Waals surface area contributed by atoms with Crippen LogP contribution in [0.5, 0.6) is 0 Å². The summed E-state index contributed by atoms with van der Waals surface area (Å²) in [7, 11) is 1.99. The normalized spacial score (nSPS) is 27.1. The van der Waals surface area contributed by atoms with Gasteiger partial charge in [-0.2, -0.15) is 5.10 Å². The van der Waals surface area contributed by atoms with Gasteiger partial charge in [-0.25, -0.2) is 0 Å².